The molecule has 5 nitrogen and oxygen atoms in total. The summed E-state index contributed by atoms with van der Waals surface area (Å²) in [7, 11) is 1.61. The maximum absolute atomic E-state index is 11.7. The highest BCUT2D eigenvalue weighted by atomic mass is 16.5. The van der Waals surface area contributed by atoms with Gasteiger partial charge in [0.05, 0.1) is 13.7 Å². The lowest BCUT2D eigenvalue weighted by molar-refractivity contribution is -0.123. The van der Waals surface area contributed by atoms with Gasteiger partial charge in [-0.15, -0.1) is 0 Å². The Bertz CT molecular complexity index is 640. The second-order valence-electron chi connectivity index (χ2n) is 5.16. The van der Waals surface area contributed by atoms with Gasteiger partial charge in [0.2, 0.25) is 0 Å². The molecule has 2 rings (SSSR count). The third-order valence-electron chi connectivity index (χ3n) is 3.44. The molecule has 0 aromatic heterocycles. The van der Waals surface area contributed by atoms with Gasteiger partial charge in [-0.3, -0.25) is 4.79 Å². The van der Waals surface area contributed by atoms with Crippen molar-refractivity contribution in [2.45, 2.75) is 13.3 Å². The number of amides is 1. The zero-order valence-corrected chi connectivity index (χ0v) is 14.1. The van der Waals surface area contributed by atoms with Gasteiger partial charge in [0.1, 0.15) is 23.9 Å². The number of rotatable bonds is 9. The second kappa shape index (κ2) is 9.45. The third kappa shape index (κ3) is 5.83. The highest BCUT2D eigenvalue weighted by Crippen LogP contribution is 2.18. The van der Waals surface area contributed by atoms with Gasteiger partial charge in [0, 0.05) is 6.07 Å². The van der Waals surface area contributed by atoms with Gasteiger partial charge < -0.3 is 19.5 Å². The largest absolute Gasteiger partial charge is 0.497 e. The molecule has 0 aliphatic carbocycles. The van der Waals surface area contributed by atoms with Gasteiger partial charge in [-0.25, -0.2) is 0 Å². The SMILES string of the molecule is CCc1ccc(OCC(=O)NCCOc2cccc(OC)c2)cc1. The number of hydrogen-bond donors (Lipinski definition) is 1. The molecular formula is C19H23NO4. The number of benzene rings is 2. The van der Waals surface area contributed by atoms with Crippen molar-refractivity contribution < 1.29 is 19.0 Å². The highest BCUT2D eigenvalue weighted by Gasteiger charge is 2.03. The summed E-state index contributed by atoms with van der Waals surface area (Å²) < 4.78 is 16.1. The average molecular weight is 329 g/mol. The van der Waals surface area contributed by atoms with Gasteiger partial charge in [-0.2, -0.15) is 0 Å². The fourth-order valence-corrected chi connectivity index (χ4v) is 2.07. The molecular weight excluding hydrogens is 306 g/mol. The van der Waals surface area contributed by atoms with Crippen LogP contribution in [0.4, 0.5) is 0 Å². The Morgan fingerprint density at radius 1 is 1.00 bits per heavy atom. The van der Waals surface area contributed by atoms with E-state index in [2.05, 4.69) is 12.2 Å². The monoisotopic (exact) mass is 329 g/mol. The highest BCUT2D eigenvalue weighted by molar-refractivity contribution is 5.77. The van der Waals surface area contributed by atoms with Crippen LogP contribution in [0, 0.1) is 0 Å². The molecule has 0 saturated carbocycles. The van der Waals surface area contributed by atoms with Crippen LogP contribution in [-0.4, -0.2) is 32.8 Å². The summed E-state index contributed by atoms with van der Waals surface area (Å²) in [4.78, 5) is 11.7. The van der Waals surface area contributed by atoms with Crippen molar-refractivity contribution in [1.29, 1.82) is 0 Å². The van der Waals surface area contributed by atoms with Crippen molar-refractivity contribution in [3.8, 4) is 17.2 Å². The first-order chi connectivity index (χ1) is 11.7. The molecule has 128 valence electrons. The molecule has 5 heteroatoms. The molecule has 0 atom stereocenters. The van der Waals surface area contributed by atoms with E-state index in [4.69, 9.17) is 14.2 Å². The Morgan fingerprint density at radius 3 is 2.46 bits per heavy atom. The molecule has 1 amide bonds. The van der Waals surface area contributed by atoms with Gasteiger partial charge in [0.25, 0.3) is 5.91 Å². The number of nitrogens with one attached hydrogen (secondary N) is 1. The summed E-state index contributed by atoms with van der Waals surface area (Å²) in [6, 6.07) is 15.1. The topological polar surface area (TPSA) is 56.8 Å². The average Bonchev–Trinajstić information content (AvgIpc) is 2.64. The number of carbonyl (C=O) groups is 1. The van der Waals surface area contributed by atoms with Crippen LogP contribution in [0.2, 0.25) is 0 Å². The molecule has 24 heavy (non-hydrogen) atoms. The smallest absolute Gasteiger partial charge is 0.258 e. The van der Waals surface area contributed by atoms with Gasteiger partial charge in [-0.05, 0) is 36.2 Å². The Hall–Kier alpha value is -2.69. The summed E-state index contributed by atoms with van der Waals surface area (Å²) in [6.45, 7) is 2.87. The fourth-order valence-electron chi connectivity index (χ4n) is 2.07. The third-order valence-corrected chi connectivity index (χ3v) is 3.44. The summed E-state index contributed by atoms with van der Waals surface area (Å²) in [5, 5.41) is 2.75. The minimum Gasteiger partial charge on any atom is -0.497 e. The molecule has 0 aliphatic rings. The first-order valence-corrected chi connectivity index (χ1v) is 7.96. The predicted octanol–water partition coefficient (Wildman–Crippen LogP) is 2.83. The van der Waals surface area contributed by atoms with E-state index in [1.54, 1.807) is 13.2 Å². The Labute approximate surface area is 142 Å². The summed E-state index contributed by atoms with van der Waals surface area (Å²) in [5.74, 6) is 1.95. The quantitative estimate of drug-likeness (QED) is 0.719. The second-order valence-corrected chi connectivity index (χ2v) is 5.16. The lowest BCUT2D eigenvalue weighted by atomic mass is 10.2. The van der Waals surface area contributed by atoms with Gasteiger partial charge >= 0.3 is 0 Å². The molecule has 0 bridgehead atoms. The molecule has 0 spiro atoms. The molecule has 2 aromatic rings. The van der Waals surface area contributed by atoms with E-state index in [0.717, 1.165) is 12.2 Å². The number of hydrogen-bond acceptors (Lipinski definition) is 4. The van der Waals surface area contributed by atoms with Crippen LogP contribution in [0.3, 0.4) is 0 Å². The fraction of sp³-hybridized carbons (Fsp3) is 0.316. The molecule has 1 N–H and O–H groups in total. The molecule has 0 saturated heterocycles. The maximum atomic E-state index is 11.7. The molecule has 2 aromatic carbocycles. The van der Waals surface area contributed by atoms with Crippen LogP contribution >= 0.6 is 0 Å². The number of carbonyl (C=O) groups excluding carboxylic acids is 1. The molecule has 0 radical (unpaired) electrons. The van der Waals surface area contributed by atoms with Crippen molar-refractivity contribution in [2.24, 2.45) is 0 Å². The van der Waals surface area contributed by atoms with Crippen molar-refractivity contribution in [3.63, 3.8) is 0 Å². The summed E-state index contributed by atoms with van der Waals surface area (Å²) in [5.41, 5.74) is 1.24. The van der Waals surface area contributed by atoms with Crippen LogP contribution in [-0.2, 0) is 11.2 Å². The van der Waals surface area contributed by atoms with Crippen molar-refractivity contribution in [1.82, 2.24) is 5.32 Å². The molecule has 0 heterocycles. The predicted molar refractivity (Wildman–Crippen MR) is 92.8 cm³/mol. The number of ether oxygens (including phenoxy) is 3. The summed E-state index contributed by atoms with van der Waals surface area (Å²) in [6.07, 6.45) is 0.980. The van der Waals surface area contributed by atoms with Crippen molar-refractivity contribution in [2.75, 3.05) is 26.9 Å². The lowest BCUT2D eigenvalue weighted by Crippen LogP contribution is -2.32. The van der Waals surface area contributed by atoms with Crippen LogP contribution in [0.15, 0.2) is 48.5 Å². The van der Waals surface area contributed by atoms with E-state index in [1.807, 2.05) is 42.5 Å². The standard InChI is InChI=1S/C19H23NO4/c1-3-15-7-9-16(10-8-15)24-14-19(21)20-11-12-23-18-6-4-5-17(13-18)22-2/h4-10,13H,3,11-12,14H2,1-2H3,(H,20,21). The lowest BCUT2D eigenvalue weighted by Gasteiger charge is -2.10. The van der Waals surface area contributed by atoms with Crippen molar-refractivity contribution in [3.05, 3.63) is 54.1 Å². The van der Waals surface area contributed by atoms with Gasteiger partial charge in [0.15, 0.2) is 6.61 Å². The number of methoxy groups -OCH3 is 1. The van der Waals surface area contributed by atoms with Crippen LogP contribution in [0.1, 0.15) is 12.5 Å². The molecule has 0 unspecified atom stereocenters. The van der Waals surface area contributed by atoms with Crippen LogP contribution in [0.25, 0.3) is 0 Å². The number of aryl methyl sites for hydroxylation is 1. The zero-order chi connectivity index (χ0) is 17.2. The zero-order valence-electron chi connectivity index (χ0n) is 14.1. The molecule has 0 aliphatic heterocycles. The Morgan fingerprint density at radius 2 is 1.75 bits per heavy atom. The van der Waals surface area contributed by atoms with Gasteiger partial charge in [-0.1, -0.05) is 25.1 Å². The van der Waals surface area contributed by atoms with E-state index >= 15 is 0 Å². The summed E-state index contributed by atoms with van der Waals surface area (Å²) >= 11 is 0. The first kappa shape index (κ1) is 17.7. The van der Waals surface area contributed by atoms with Crippen LogP contribution < -0.4 is 19.5 Å². The van der Waals surface area contributed by atoms with E-state index in [0.29, 0.717) is 24.7 Å². The van der Waals surface area contributed by atoms with E-state index in [1.165, 1.54) is 5.56 Å². The van der Waals surface area contributed by atoms with E-state index < -0.39 is 0 Å². The normalized spacial score (nSPS) is 10.1. The minimum atomic E-state index is -0.177. The Balaban J connectivity index is 1.63. The van der Waals surface area contributed by atoms with Crippen molar-refractivity contribution >= 4 is 5.91 Å². The Kier molecular flexibility index (Phi) is 6.95. The first-order valence-electron chi connectivity index (χ1n) is 7.96. The minimum absolute atomic E-state index is 0.00929. The van der Waals surface area contributed by atoms with E-state index in [-0.39, 0.29) is 12.5 Å². The van der Waals surface area contributed by atoms with E-state index in [9.17, 15) is 4.79 Å². The van der Waals surface area contributed by atoms with Crippen LogP contribution in [0.5, 0.6) is 17.2 Å². The molecule has 0 fully saturated rings. The maximum Gasteiger partial charge on any atom is 0.258 e.